The van der Waals surface area contributed by atoms with Crippen LogP contribution in [0.1, 0.15) is 39.1 Å². The molecule has 3 N–H and O–H groups in total. The number of amides is 2. The maximum Gasteiger partial charge on any atom is 0.416 e. The lowest BCUT2D eigenvalue weighted by atomic mass is 10.1. The van der Waals surface area contributed by atoms with E-state index in [0.717, 1.165) is 31.0 Å². The average Bonchev–Trinajstić information content (AvgIpc) is 3.45. The van der Waals surface area contributed by atoms with Gasteiger partial charge < -0.3 is 30.5 Å². The van der Waals surface area contributed by atoms with Crippen LogP contribution in [-0.4, -0.2) is 52.7 Å². The summed E-state index contributed by atoms with van der Waals surface area (Å²) in [7, 11) is 0. The maximum absolute atomic E-state index is 13.0. The number of hydrogen-bond donors (Lipinski definition) is 3. The number of aromatic nitrogens is 2. The molecule has 0 radical (unpaired) electrons. The first-order valence-corrected chi connectivity index (χ1v) is 14.3. The fourth-order valence-electron chi connectivity index (χ4n) is 4.70. The predicted octanol–water partition coefficient (Wildman–Crippen LogP) is 6.88. The molecule has 3 aromatic carbocycles. The van der Waals surface area contributed by atoms with Crippen LogP contribution in [0.15, 0.2) is 79.1 Å². The summed E-state index contributed by atoms with van der Waals surface area (Å²) >= 11 is 6.21. The highest BCUT2D eigenvalue weighted by Gasteiger charge is 2.31. The molecule has 2 amide bonds. The largest absolute Gasteiger partial charge is 0.633 e. The van der Waals surface area contributed by atoms with E-state index in [0.29, 0.717) is 37.7 Å². The molecule has 1 aromatic heterocycles. The molecule has 0 saturated carbocycles. The van der Waals surface area contributed by atoms with Crippen molar-refractivity contribution in [1.29, 1.82) is 0 Å². The molecule has 4 aromatic rings. The Labute approximate surface area is 261 Å². The van der Waals surface area contributed by atoms with Crippen molar-refractivity contribution in [3.05, 3.63) is 106 Å². The molecule has 10 nitrogen and oxygen atoms in total. The van der Waals surface area contributed by atoms with Crippen molar-refractivity contribution in [1.82, 2.24) is 9.97 Å². The molecular weight excluding hydrogens is 613 g/mol. The van der Waals surface area contributed by atoms with E-state index in [1.54, 1.807) is 24.3 Å². The number of nitrogens with one attached hydrogen (secondary N) is 3. The Morgan fingerprint density at radius 3 is 2.24 bits per heavy atom. The monoisotopic (exact) mass is 640 g/mol. The van der Waals surface area contributed by atoms with E-state index in [2.05, 4.69) is 25.9 Å². The first kappa shape index (κ1) is 31.7. The SMILES string of the molecule is O=C(Nc1ccc(Cl)c(C(=O)Nc2cnc(Nc3ccc(OCC[N+]4([O-])CCCC4)cc3)nc2)c1)c1cccc(C(F)(F)F)c1. The van der Waals surface area contributed by atoms with Crippen molar-refractivity contribution >= 4 is 46.4 Å². The van der Waals surface area contributed by atoms with Gasteiger partial charge >= 0.3 is 6.18 Å². The van der Waals surface area contributed by atoms with Gasteiger partial charge in [-0.15, -0.1) is 0 Å². The first-order chi connectivity index (χ1) is 21.5. The molecule has 1 fully saturated rings. The molecule has 1 aliphatic heterocycles. The van der Waals surface area contributed by atoms with Crippen LogP contribution >= 0.6 is 11.6 Å². The third-order valence-corrected chi connectivity index (χ3v) is 7.42. The molecular formula is C31H28ClF3N6O4. The minimum absolute atomic E-state index is 0.00984. The van der Waals surface area contributed by atoms with E-state index in [1.807, 2.05) is 0 Å². The number of hydroxylamine groups is 3. The van der Waals surface area contributed by atoms with Crippen LogP contribution in [0.25, 0.3) is 0 Å². The van der Waals surface area contributed by atoms with Crippen LogP contribution in [-0.2, 0) is 6.18 Å². The van der Waals surface area contributed by atoms with Gasteiger partial charge in [-0.25, -0.2) is 9.97 Å². The van der Waals surface area contributed by atoms with Gasteiger partial charge in [-0.05, 0) is 60.7 Å². The Bertz CT molecular complexity index is 1660. The molecule has 14 heteroatoms. The number of alkyl halides is 3. The van der Waals surface area contributed by atoms with Gasteiger partial charge in [0.25, 0.3) is 11.8 Å². The van der Waals surface area contributed by atoms with E-state index < -0.39 is 23.6 Å². The van der Waals surface area contributed by atoms with Crippen molar-refractivity contribution in [3.8, 4) is 5.75 Å². The van der Waals surface area contributed by atoms with E-state index in [1.165, 1.54) is 36.7 Å². The molecule has 45 heavy (non-hydrogen) atoms. The van der Waals surface area contributed by atoms with Crippen LogP contribution in [0.3, 0.4) is 0 Å². The van der Waals surface area contributed by atoms with Crippen LogP contribution in [0.2, 0.25) is 5.02 Å². The number of rotatable bonds is 10. The summed E-state index contributed by atoms with van der Waals surface area (Å²) in [4.78, 5) is 33.9. The summed E-state index contributed by atoms with van der Waals surface area (Å²) in [5.41, 5.74) is -0.0329. The summed E-state index contributed by atoms with van der Waals surface area (Å²) in [6.45, 7) is 2.06. The zero-order chi connectivity index (χ0) is 32.0. The average molecular weight is 641 g/mol. The maximum atomic E-state index is 13.0. The van der Waals surface area contributed by atoms with Crippen molar-refractivity contribution in [2.24, 2.45) is 0 Å². The number of carbonyl (C=O) groups is 2. The van der Waals surface area contributed by atoms with Crippen molar-refractivity contribution in [2.75, 3.05) is 42.2 Å². The quantitative estimate of drug-likeness (QED) is 0.127. The third kappa shape index (κ3) is 8.47. The molecule has 234 valence electrons. The lowest BCUT2D eigenvalue weighted by Crippen LogP contribution is -2.42. The number of hydrogen-bond acceptors (Lipinski definition) is 7. The molecule has 0 unspecified atom stereocenters. The molecule has 2 heterocycles. The lowest BCUT2D eigenvalue weighted by Gasteiger charge is -2.38. The molecule has 0 bridgehead atoms. The van der Waals surface area contributed by atoms with E-state index in [4.69, 9.17) is 16.3 Å². The molecule has 1 aliphatic rings. The third-order valence-electron chi connectivity index (χ3n) is 7.09. The number of quaternary nitrogens is 1. The number of ether oxygens (including phenoxy) is 1. The standard InChI is InChI=1S/C31H28ClF3N6O4/c32-27-11-8-23(38-28(42)20-4-3-5-21(16-20)31(33,34)35)17-26(27)29(43)39-24-18-36-30(37-19-24)40-22-6-9-25(10-7-22)45-15-14-41(44)12-1-2-13-41/h3-11,16-19H,1-2,12-15H2,(H,38,42)(H,39,43)(H,36,37,40). The predicted molar refractivity (Wildman–Crippen MR) is 164 cm³/mol. The number of benzene rings is 3. The highest BCUT2D eigenvalue weighted by atomic mass is 35.5. The molecule has 1 saturated heterocycles. The Morgan fingerprint density at radius 1 is 0.889 bits per heavy atom. The van der Waals surface area contributed by atoms with Gasteiger partial charge in [0.1, 0.15) is 18.9 Å². The van der Waals surface area contributed by atoms with Crippen LogP contribution in [0, 0.1) is 5.21 Å². The van der Waals surface area contributed by atoms with Crippen LogP contribution in [0.5, 0.6) is 5.75 Å². The minimum atomic E-state index is -4.60. The molecule has 0 aliphatic carbocycles. The lowest BCUT2D eigenvalue weighted by molar-refractivity contribution is -0.868. The zero-order valence-corrected chi connectivity index (χ0v) is 24.5. The van der Waals surface area contributed by atoms with Gasteiger partial charge in [0.15, 0.2) is 0 Å². The number of nitrogens with zero attached hydrogens (tertiary/aromatic N) is 3. The zero-order valence-electron chi connectivity index (χ0n) is 23.7. The van der Waals surface area contributed by atoms with Gasteiger partial charge in [0.05, 0.1) is 47.3 Å². The second kappa shape index (κ2) is 13.5. The number of likely N-dealkylation sites (tertiary alicyclic amines) is 1. The highest BCUT2D eigenvalue weighted by Crippen LogP contribution is 2.30. The van der Waals surface area contributed by atoms with Gasteiger partial charge in [0.2, 0.25) is 5.95 Å². The van der Waals surface area contributed by atoms with Gasteiger partial charge in [0, 0.05) is 29.8 Å². The van der Waals surface area contributed by atoms with E-state index in [-0.39, 0.29) is 38.1 Å². The fraction of sp³-hybridized carbons (Fsp3) is 0.226. The van der Waals surface area contributed by atoms with Gasteiger partial charge in [-0.1, -0.05) is 17.7 Å². The summed E-state index contributed by atoms with van der Waals surface area (Å²) in [5.74, 6) is -0.497. The summed E-state index contributed by atoms with van der Waals surface area (Å²) < 4.78 is 44.6. The Balaban J connectivity index is 1.15. The summed E-state index contributed by atoms with van der Waals surface area (Å²) in [5, 5.41) is 20.6. The van der Waals surface area contributed by atoms with Crippen molar-refractivity contribution in [3.63, 3.8) is 0 Å². The smallest absolute Gasteiger partial charge is 0.416 e. The molecule has 5 rings (SSSR count). The fourth-order valence-corrected chi connectivity index (χ4v) is 4.90. The van der Waals surface area contributed by atoms with Crippen LogP contribution < -0.4 is 20.7 Å². The van der Waals surface area contributed by atoms with Crippen molar-refractivity contribution < 1.29 is 32.1 Å². The second-order valence-electron chi connectivity index (χ2n) is 10.4. The normalized spacial score (nSPS) is 14.1. The highest BCUT2D eigenvalue weighted by molar-refractivity contribution is 6.34. The number of halogens is 4. The van der Waals surface area contributed by atoms with Gasteiger partial charge in [-0.3, -0.25) is 9.59 Å². The Kier molecular flexibility index (Phi) is 9.51. The topological polar surface area (TPSA) is 128 Å². The number of anilines is 4. The molecule has 0 spiro atoms. The van der Waals surface area contributed by atoms with Crippen molar-refractivity contribution in [2.45, 2.75) is 19.0 Å². The van der Waals surface area contributed by atoms with E-state index >= 15 is 0 Å². The summed E-state index contributed by atoms with van der Waals surface area (Å²) in [6.07, 6.45) is 0.0917. The van der Waals surface area contributed by atoms with Crippen LogP contribution in [0.4, 0.5) is 36.2 Å². The second-order valence-corrected chi connectivity index (χ2v) is 10.8. The Morgan fingerprint density at radius 2 is 1.56 bits per heavy atom. The Hall–Kier alpha value is -4.72. The first-order valence-electron chi connectivity index (χ1n) is 14.0. The number of carbonyl (C=O) groups excluding carboxylic acids is 2. The minimum Gasteiger partial charge on any atom is -0.633 e. The summed E-state index contributed by atoms with van der Waals surface area (Å²) in [6, 6.07) is 15.2. The molecule has 0 atom stereocenters. The van der Waals surface area contributed by atoms with Gasteiger partial charge in [-0.2, -0.15) is 13.2 Å². The van der Waals surface area contributed by atoms with E-state index in [9.17, 15) is 28.0 Å².